The van der Waals surface area contributed by atoms with Crippen LogP contribution < -0.4 is 0 Å². The average molecular weight is 242 g/mol. The molecule has 3 heteroatoms. The van der Waals surface area contributed by atoms with Crippen molar-refractivity contribution in [1.29, 1.82) is 0 Å². The minimum atomic E-state index is -1.72. The van der Waals surface area contributed by atoms with Crippen molar-refractivity contribution < 1.29 is 15.0 Å². The molecule has 3 nitrogen and oxygen atoms in total. The van der Waals surface area contributed by atoms with Crippen LogP contribution in [-0.2, 0) is 10.4 Å². The molecule has 0 fully saturated rings. The van der Waals surface area contributed by atoms with Gasteiger partial charge >= 0.3 is 0 Å². The summed E-state index contributed by atoms with van der Waals surface area (Å²) in [4.78, 5) is 10.9. The Morgan fingerprint density at radius 2 is 1.28 bits per heavy atom. The van der Waals surface area contributed by atoms with Gasteiger partial charge in [0, 0.05) is 0 Å². The highest BCUT2D eigenvalue weighted by Crippen LogP contribution is 2.32. The quantitative estimate of drug-likeness (QED) is 0.798. The maximum Gasteiger partial charge on any atom is 0.152 e. The molecule has 0 aromatic heterocycles. The van der Waals surface area contributed by atoms with E-state index in [2.05, 4.69) is 0 Å². The number of hydrogen-bond acceptors (Lipinski definition) is 3. The number of hydrogen-bond donors (Lipinski definition) is 2. The van der Waals surface area contributed by atoms with E-state index in [1.165, 1.54) is 0 Å². The van der Waals surface area contributed by atoms with Crippen molar-refractivity contribution in [2.24, 2.45) is 0 Å². The van der Waals surface area contributed by atoms with E-state index in [9.17, 15) is 15.0 Å². The lowest BCUT2D eigenvalue weighted by Crippen LogP contribution is -2.41. The summed E-state index contributed by atoms with van der Waals surface area (Å²) < 4.78 is 0. The lowest BCUT2D eigenvalue weighted by Gasteiger charge is -2.31. The minimum absolute atomic E-state index is 0.347. The first kappa shape index (κ1) is 12.5. The summed E-state index contributed by atoms with van der Waals surface area (Å²) in [5.41, 5.74) is -0.754. The lowest BCUT2D eigenvalue weighted by atomic mass is 9.82. The molecule has 0 aliphatic carbocycles. The summed E-state index contributed by atoms with van der Waals surface area (Å²) in [7, 11) is 0. The van der Waals surface area contributed by atoms with Crippen LogP contribution in [0.3, 0.4) is 0 Å². The lowest BCUT2D eigenvalue weighted by molar-refractivity contribution is -0.127. The fraction of sp³-hybridized carbons (Fsp3) is 0.133. The molecule has 2 aromatic carbocycles. The van der Waals surface area contributed by atoms with Crippen LogP contribution in [0.1, 0.15) is 11.1 Å². The minimum Gasteiger partial charge on any atom is -0.382 e. The van der Waals surface area contributed by atoms with Gasteiger partial charge in [0.25, 0.3) is 0 Å². The average Bonchev–Trinajstić information content (AvgIpc) is 2.47. The Bertz CT molecular complexity index is 468. The third kappa shape index (κ3) is 2.06. The van der Waals surface area contributed by atoms with Gasteiger partial charge in [0.1, 0.15) is 11.7 Å². The summed E-state index contributed by atoms with van der Waals surface area (Å²) in [6, 6.07) is 17.3. The molecule has 0 aliphatic rings. The molecule has 0 bridgehead atoms. The second-order valence-corrected chi connectivity index (χ2v) is 4.08. The van der Waals surface area contributed by atoms with E-state index in [-0.39, 0.29) is 0 Å². The van der Waals surface area contributed by atoms with Gasteiger partial charge in [0.05, 0.1) is 0 Å². The molecule has 2 N–H and O–H groups in total. The van der Waals surface area contributed by atoms with Crippen molar-refractivity contribution in [3.8, 4) is 0 Å². The standard InChI is InChI=1S/C15H14O3/c16-11-14(17)15(18,12-7-3-1-4-8-12)13-9-5-2-6-10-13/h1-11,14,17-18H. The van der Waals surface area contributed by atoms with E-state index in [0.717, 1.165) is 0 Å². The molecule has 92 valence electrons. The molecule has 2 aromatic rings. The molecule has 0 radical (unpaired) electrons. The Labute approximate surface area is 105 Å². The van der Waals surface area contributed by atoms with Gasteiger partial charge < -0.3 is 15.0 Å². The molecule has 0 amide bonds. The zero-order chi connectivity index (χ0) is 13.0. The maximum atomic E-state index is 10.9. The summed E-state index contributed by atoms with van der Waals surface area (Å²) >= 11 is 0. The number of rotatable bonds is 4. The molecule has 0 spiro atoms. The van der Waals surface area contributed by atoms with Gasteiger partial charge in [-0.2, -0.15) is 0 Å². The Hall–Kier alpha value is -1.97. The molecule has 2 rings (SSSR count). The van der Waals surface area contributed by atoms with Crippen molar-refractivity contribution in [2.75, 3.05) is 0 Å². The molecular formula is C15H14O3. The monoisotopic (exact) mass is 242 g/mol. The van der Waals surface area contributed by atoms with E-state index in [0.29, 0.717) is 17.4 Å². The highest BCUT2D eigenvalue weighted by atomic mass is 16.3. The second kappa shape index (κ2) is 5.12. The first-order chi connectivity index (χ1) is 8.69. The predicted molar refractivity (Wildman–Crippen MR) is 68.0 cm³/mol. The Morgan fingerprint density at radius 3 is 1.61 bits per heavy atom. The number of aliphatic hydroxyl groups excluding tert-OH is 1. The highest BCUT2D eigenvalue weighted by molar-refractivity contribution is 5.62. The van der Waals surface area contributed by atoms with Crippen LogP contribution >= 0.6 is 0 Å². The van der Waals surface area contributed by atoms with Crippen LogP contribution in [0.25, 0.3) is 0 Å². The van der Waals surface area contributed by atoms with Crippen molar-refractivity contribution >= 4 is 6.29 Å². The second-order valence-electron chi connectivity index (χ2n) is 4.08. The van der Waals surface area contributed by atoms with E-state index in [1.807, 2.05) is 12.1 Å². The number of benzene rings is 2. The summed E-state index contributed by atoms with van der Waals surface area (Å²) in [6.07, 6.45) is -1.16. The Balaban J connectivity index is 2.59. The van der Waals surface area contributed by atoms with Crippen molar-refractivity contribution in [1.82, 2.24) is 0 Å². The number of aldehydes is 1. The van der Waals surface area contributed by atoms with Gasteiger partial charge in [-0.25, -0.2) is 0 Å². The van der Waals surface area contributed by atoms with Gasteiger partial charge in [-0.3, -0.25) is 0 Å². The molecule has 0 aliphatic heterocycles. The Morgan fingerprint density at radius 1 is 0.889 bits per heavy atom. The van der Waals surface area contributed by atoms with Gasteiger partial charge in [0.2, 0.25) is 0 Å². The van der Waals surface area contributed by atoms with Gasteiger partial charge in [-0.05, 0) is 11.1 Å². The Kier molecular flexibility index (Phi) is 3.55. The van der Waals surface area contributed by atoms with Crippen molar-refractivity contribution in [3.63, 3.8) is 0 Å². The first-order valence-corrected chi connectivity index (χ1v) is 5.66. The zero-order valence-electron chi connectivity index (χ0n) is 9.73. The highest BCUT2D eigenvalue weighted by Gasteiger charge is 2.39. The van der Waals surface area contributed by atoms with E-state index in [4.69, 9.17) is 0 Å². The van der Waals surface area contributed by atoms with E-state index in [1.54, 1.807) is 48.5 Å². The molecule has 1 unspecified atom stereocenters. The largest absolute Gasteiger partial charge is 0.382 e. The summed E-state index contributed by atoms with van der Waals surface area (Å²) in [5.74, 6) is 0. The van der Waals surface area contributed by atoms with Crippen LogP contribution in [0.4, 0.5) is 0 Å². The summed E-state index contributed by atoms with van der Waals surface area (Å²) in [6.45, 7) is 0. The summed E-state index contributed by atoms with van der Waals surface area (Å²) in [5, 5.41) is 20.6. The van der Waals surface area contributed by atoms with Crippen molar-refractivity contribution in [3.05, 3.63) is 71.8 Å². The smallest absolute Gasteiger partial charge is 0.152 e. The predicted octanol–water partition coefficient (Wildman–Crippen LogP) is 1.48. The molecule has 0 saturated heterocycles. The normalized spacial score (nSPS) is 13.0. The fourth-order valence-corrected chi connectivity index (χ4v) is 1.99. The van der Waals surface area contributed by atoms with Crippen LogP contribution in [0.15, 0.2) is 60.7 Å². The number of aliphatic hydroxyl groups is 2. The van der Waals surface area contributed by atoms with Gasteiger partial charge in [-0.15, -0.1) is 0 Å². The fourth-order valence-electron chi connectivity index (χ4n) is 1.99. The van der Waals surface area contributed by atoms with Crippen LogP contribution in [0.2, 0.25) is 0 Å². The number of carbonyl (C=O) groups excluding carboxylic acids is 1. The SMILES string of the molecule is O=CC(O)C(O)(c1ccccc1)c1ccccc1. The molecule has 18 heavy (non-hydrogen) atoms. The van der Waals surface area contributed by atoms with Gasteiger partial charge in [-0.1, -0.05) is 60.7 Å². The zero-order valence-corrected chi connectivity index (χ0v) is 9.73. The van der Waals surface area contributed by atoms with Crippen LogP contribution in [-0.4, -0.2) is 22.6 Å². The molecule has 1 atom stereocenters. The molecule has 0 saturated carbocycles. The maximum absolute atomic E-state index is 10.9. The molecular weight excluding hydrogens is 228 g/mol. The number of carbonyl (C=O) groups is 1. The third-order valence-corrected chi connectivity index (χ3v) is 2.98. The van der Waals surface area contributed by atoms with Gasteiger partial charge in [0.15, 0.2) is 6.29 Å². The van der Waals surface area contributed by atoms with E-state index >= 15 is 0 Å². The topological polar surface area (TPSA) is 57.5 Å². The third-order valence-electron chi connectivity index (χ3n) is 2.98. The first-order valence-electron chi connectivity index (χ1n) is 5.66. The van der Waals surface area contributed by atoms with Crippen LogP contribution in [0, 0.1) is 0 Å². The van der Waals surface area contributed by atoms with Crippen LogP contribution in [0.5, 0.6) is 0 Å². The van der Waals surface area contributed by atoms with Crippen molar-refractivity contribution in [2.45, 2.75) is 11.7 Å². The van der Waals surface area contributed by atoms with E-state index < -0.39 is 11.7 Å². The molecule has 0 heterocycles.